The van der Waals surface area contributed by atoms with E-state index in [-0.39, 0.29) is 5.78 Å². The van der Waals surface area contributed by atoms with Gasteiger partial charge in [-0.3, -0.25) is 9.78 Å². The fraction of sp³-hybridized carbons (Fsp3) is 0.200. The number of aromatic nitrogens is 2. The average molecular weight is 174 g/mol. The molecular formula is C10H10N2O. The smallest absolute Gasteiger partial charge is 0.164 e. The number of nitrogens with zero attached hydrogens (tertiary/aromatic N) is 1. The molecule has 0 spiro atoms. The lowest BCUT2D eigenvalue weighted by atomic mass is 10.1. The lowest BCUT2D eigenvalue weighted by Gasteiger charge is -1.93. The normalized spacial score (nSPS) is 10.5. The van der Waals surface area contributed by atoms with E-state index in [9.17, 15) is 4.79 Å². The van der Waals surface area contributed by atoms with Crippen LogP contribution < -0.4 is 0 Å². The fourth-order valence-corrected chi connectivity index (χ4v) is 1.39. The predicted molar refractivity (Wildman–Crippen MR) is 50.7 cm³/mol. The summed E-state index contributed by atoms with van der Waals surface area (Å²) in [5, 5.41) is 0.960. The van der Waals surface area contributed by atoms with E-state index in [1.807, 2.05) is 13.0 Å². The Balaban J connectivity index is 2.64. The van der Waals surface area contributed by atoms with Gasteiger partial charge < -0.3 is 4.98 Å². The van der Waals surface area contributed by atoms with Crippen LogP contribution in [-0.2, 0) is 0 Å². The Morgan fingerprint density at radius 3 is 3.23 bits per heavy atom. The van der Waals surface area contributed by atoms with Gasteiger partial charge in [-0.05, 0) is 6.07 Å². The Labute approximate surface area is 75.8 Å². The van der Waals surface area contributed by atoms with E-state index in [1.54, 1.807) is 18.6 Å². The molecule has 0 saturated heterocycles. The van der Waals surface area contributed by atoms with Gasteiger partial charge in [0.2, 0.25) is 0 Å². The quantitative estimate of drug-likeness (QED) is 0.709. The maximum Gasteiger partial charge on any atom is 0.164 e. The number of hydrogen-bond donors (Lipinski definition) is 1. The zero-order chi connectivity index (χ0) is 9.26. The highest BCUT2D eigenvalue weighted by Crippen LogP contribution is 2.17. The van der Waals surface area contributed by atoms with Crippen molar-refractivity contribution in [2.45, 2.75) is 13.3 Å². The third-order valence-electron chi connectivity index (χ3n) is 2.10. The molecule has 3 nitrogen and oxygen atoms in total. The van der Waals surface area contributed by atoms with Crippen LogP contribution in [0.15, 0.2) is 24.7 Å². The molecule has 2 aromatic rings. The first kappa shape index (κ1) is 7.98. The second kappa shape index (κ2) is 3.01. The van der Waals surface area contributed by atoms with Crippen LogP contribution in [0, 0.1) is 0 Å². The first-order valence-corrected chi connectivity index (χ1v) is 4.27. The molecule has 3 heteroatoms. The summed E-state index contributed by atoms with van der Waals surface area (Å²) < 4.78 is 0. The van der Waals surface area contributed by atoms with E-state index in [0.29, 0.717) is 6.42 Å². The summed E-state index contributed by atoms with van der Waals surface area (Å²) in [6.07, 6.45) is 5.71. The zero-order valence-electron chi connectivity index (χ0n) is 7.37. The van der Waals surface area contributed by atoms with Gasteiger partial charge in [-0.25, -0.2) is 0 Å². The fourth-order valence-electron chi connectivity index (χ4n) is 1.39. The number of carbonyl (C=O) groups excluding carboxylic acids is 1. The third kappa shape index (κ3) is 1.22. The standard InChI is InChI=1S/C10H10N2O/c1-2-10(13)8-5-12-9-6-11-4-3-7(8)9/h3-6,12H,2H2,1H3. The number of carbonyl (C=O) groups is 1. The molecule has 66 valence electrons. The summed E-state index contributed by atoms with van der Waals surface area (Å²) in [6.45, 7) is 1.86. The molecule has 0 aliphatic heterocycles. The molecule has 2 aromatic heterocycles. The van der Waals surface area contributed by atoms with Gasteiger partial charge in [0, 0.05) is 29.8 Å². The summed E-state index contributed by atoms with van der Waals surface area (Å²) in [6, 6.07) is 1.86. The number of aromatic amines is 1. The summed E-state index contributed by atoms with van der Waals surface area (Å²) in [7, 11) is 0. The van der Waals surface area contributed by atoms with Crippen molar-refractivity contribution < 1.29 is 4.79 Å². The minimum Gasteiger partial charge on any atom is -0.359 e. The lowest BCUT2D eigenvalue weighted by molar-refractivity contribution is 0.0990. The molecule has 0 fully saturated rings. The summed E-state index contributed by atoms with van der Waals surface area (Å²) in [5.74, 6) is 0.164. The van der Waals surface area contributed by atoms with Crippen molar-refractivity contribution in [2.24, 2.45) is 0 Å². The Bertz CT molecular complexity index is 445. The van der Waals surface area contributed by atoms with Crippen LogP contribution >= 0.6 is 0 Å². The highest BCUT2D eigenvalue weighted by molar-refractivity contribution is 6.07. The molecule has 0 saturated carbocycles. The van der Waals surface area contributed by atoms with Crippen LogP contribution in [-0.4, -0.2) is 15.8 Å². The molecule has 0 bridgehead atoms. The van der Waals surface area contributed by atoms with Crippen molar-refractivity contribution in [3.05, 3.63) is 30.2 Å². The summed E-state index contributed by atoms with van der Waals surface area (Å²) in [4.78, 5) is 18.4. The van der Waals surface area contributed by atoms with E-state index in [2.05, 4.69) is 9.97 Å². The van der Waals surface area contributed by atoms with Gasteiger partial charge in [-0.1, -0.05) is 6.92 Å². The molecule has 0 aliphatic carbocycles. The van der Waals surface area contributed by atoms with E-state index >= 15 is 0 Å². The largest absolute Gasteiger partial charge is 0.359 e. The highest BCUT2D eigenvalue weighted by Gasteiger charge is 2.08. The number of fused-ring (bicyclic) bond motifs is 1. The molecule has 0 aromatic carbocycles. The molecule has 2 heterocycles. The Hall–Kier alpha value is -1.64. The van der Waals surface area contributed by atoms with Crippen LogP contribution in [0.2, 0.25) is 0 Å². The highest BCUT2D eigenvalue weighted by atomic mass is 16.1. The van der Waals surface area contributed by atoms with Gasteiger partial charge in [0.25, 0.3) is 0 Å². The Kier molecular flexibility index (Phi) is 1.85. The van der Waals surface area contributed by atoms with Crippen LogP contribution in [0.25, 0.3) is 10.9 Å². The summed E-state index contributed by atoms with van der Waals surface area (Å²) in [5.41, 5.74) is 1.68. The van der Waals surface area contributed by atoms with E-state index in [1.165, 1.54) is 0 Å². The van der Waals surface area contributed by atoms with Crippen LogP contribution in [0.1, 0.15) is 23.7 Å². The Morgan fingerprint density at radius 2 is 2.46 bits per heavy atom. The average Bonchev–Trinajstić information content (AvgIpc) is 2.60. The van der Waals surface area contributed by atoms with Crippen LogP contribution in [0.5, 0.6) is 0 Å². The minimum atomic E-state index is 0.164. The molecule has 0 amide bonds. The number of Topliss-reactive ketones (excluding diaryl/α,β-unsaturated/α-hetero) is 1. The molecule has 0 aliphatic rings. The van der Waals surface area contributed by atoms with Gasteiger partial charge >= 0.3 is 0 Å². The van der Waals surface area contributed by atoms with E-state index < -0.39 is 0 Å². The van der Waals surface area contributed by atoms with Crippen LogP contribution in [0.3, 0.4) is 0 Å². The molecule has 2 rings (SSSR count). The van der Waals surface area contributed by atoms with Crippen LogP contribution in [0.4, 0.5) is 0 Å². The Morgan fingerprint density at radius 1 is 1.62 bits per heavy atom. The van der Waals surface area contributed by atoms with Crippen molar-refractivity contribution in [3.8, 4) is 0 Å². The van der Waals surface area contributed by atoms with E-state index in [0.717, 1.165) is 16.5 Å². The third-order valence-corrected chi connectivity index (χ3v) is 2.10. The summed E-state index contributed by atoms with van der Waals surface area (Å²) >= 11 is 0. The van der Waals surface area contributed by atoms with Gasteiger partial charge in [0.1, 0.15) is 0 Å². The van der Waals surface area contributed by atoms with Gasteiger partial charge in [0.05, 0.1) is 11.7 Å². The minimum absolute atomic E-state index is 0.164. The molecule has 13 heavy (non-hydrogen) atoms. The first-order chi connectivity index (χ1) is 6.33. The van der Waals surface area contributed by atoms with E-state index in [4.69, 9.17) is 0 Å². The van der Waals surface area contributed by atoms with Crippen molar-refractivity contribution >= 4 is 16.7 Å². The predicted octanol–water partition coefficient (Wildman–Crippen LogP) is 2.16. The maximum atomic E-state index is 11.4. The molecule has 0 unspecified atom stereocenters. The van der Waals surface area contributed by atoms with Gasteiger partial charge in [-0.15, -0.1) is 0 Å². The second-order valence-electron chi connectivity index (χ2n) is 2.90. The first-order valence-electron chi connectivity index (χ1n) is 4.27. The van der Waals surface area contributed by atoms with Crippen molar-refractivity contribution in [2.75, 3.05) is 0 Å². The SMILES string of the molecule is CCC(=O)c1c[nH]c2cnccc12. The zero-order valence-corrected chi connectivity index (χ0v) is 7.37. The molecule has 1 N–H and O–H groups in total. The number of hydrogen-bond acceptors (Lipinski definition) is 2. The van der Waals surface area contributed by atoms with Gasteiger partial charge in [0.15, 0.2) is 5.78 Å². The van der Waals surface area contributed by atoms with Crippen molar-refractivity contribution in [3.63, 3.8) is 0 Å². The van der Waals surface area contributed by atoms with Crippen molar-refractivity contribution in [1.29, 1.82) is 0 Å². The lowest BCUT2D eigenvalue weighted by Crippen LogP contribution is -1.93. The molecular weight excluding hydrogens is 164 g/mol. The number of pyridine rings is 1. The maximum absolute atomic E-state index is 11.4. The topological polar surface area (TPSA) is 45.8 Å². The number of ketones is 1. The van der Waals surface area contributed by atoms with Gasteiger partial charge in [-0.2, -0.15) is 0 Å². The number of nitrogens with one attached hydrogen (secondary N) is 1. The molecule has 0 atom stereocenters. The monoisotopic (exact) mass is 174 g/mol. The molecule has 0 radical (unpaired) electrons. The number of rotatable bonds is 2. The van der Waals surface area contributed by atoms with Crippen molar-refractivity contribution in [1.82, 2.24) is 9.97 Å². The second-order valence-corrected chi connectivity index (χ2v) is 2.90. The number of H-pyrrole nitrogens is 1.